The van der Waals surface area contributed by atoms with E-state index < -0.39 is 6.04 Å². The van der Waals surface area contributed by atoms with E-state index in [4.69, 9.17) is 0 Å². The van der Waals surface area contributed by atoms with Gasteiger partial charge in [-0.25, -0.2) is 4.39 Å². The number of rotatable bonds is 7. The largest absolute Gasteiger partial charge is 0.354 e. The number of likely N-dealkylation sites (N-methyl/N-ethyl adjacent to an activating group) is 1. The van der Waals surface area contributed by atoms with Crippen molar-refractivity contribution in [1.29, 1.82) is 0 Å². The molecule has 1 atom stereocenters. The van der Waals surface area contributed by atoms with Crippen LogP contribution in [0.5, 0.6) is 0 Å². The molecule has 0 spiro atoms. The van der Waals surface area contributed by atoms with Gasteiger partial charge in [0.2, 0.25) is 5.91 Å². The number of hydrogen-bond donors (Lipinski definition) is 1. The van der Waals surface area contributed by atoms with E-state index in [0.717, 1.165) is 18.5 Å². The maximum atomic E-state index is 13.4. The summed E-state index contributed by atoms with van der Waals surface area (Å²) in [6.07, 6.45) is 4.57. The molecular formula is C17H23FN4O. The molecule has 2 rings (SSSR count). The third-order valence-corrected chi connectivity index (χ3v) is 3.55. The lowest BCUT2D eigenvalue weighted by atomic mass is 10.1. The summed E-state index contributed by atoms with van der Waals surface area (Å²) in [5, 5.41) is 7.12. The van der Waals surface area contributed by atoms with Crippen LogP contribution in [0.4, 0.5) is 4.39 Å². The van der Waals surface area contributed by atoms with Gasteiger partial charge in [0.15, 0.2) is 0 Å². The van der Waals surface area contributed by atoms with Crippen molar-refractivity contribution in [3.8, 4) is 0 Å². The van der Waals surface area contributed by atoms with Crippen LogP contribution in [0.1, 0.15) is 23.6 Å². The molecule has 1 aromatic carbocycles. The lowest BCUT2D eigenvalue weighted by Crippen LogP contribution is -2.37. The Balaban J connectivity index is 1.88. The van der Waals surface area contributed by atoms with Crippen molar-refractivity contribution < 1.29 is 9.18 Å². The Morgan fingerprint density at radius 2 is 2.22 bits per heavy atom. The van der Waals surface area contributed by atoms with Crippen LogP contribution in [-0.4, -0.2) is 41.2 Å². The van der Waals surface area contributed by atoms with Crippen molar-refractivity contribution in [3.63, 3.8) is 0 Å². The first kappa shape index (κ1) is 17.1. The van der Waals surface area contributed by atoms with E-state index in [1.165, 1.54) is 12.1 Å². The number of hydrogen-bond acceptors (Lipinski definition) is 3. The predicted octanol–water partition coefficient (Wildman–Crippen LogP) is 2.14. The summed E-state index contributed by atoms with van der Waals surface area (Å²) in [6, 6.07) is 5.66. The molecule has 0 unspecified atom stereocenters. The van der Waals surface area contributed by atoms with Gasteiger partial charge in [-0.2, -0.15) is 5.10 Å². The van der Waals surface area contributed by atoms with Crippen LogP contribution in [0.15, 0.2) is 36.7 Å². The van der Waals surface area contributed by atoms with Crippen LogP contribution in [0.3, 0.4) is 0 Å². The highest BCUT2D eigenvalue weighted by atomic mass is 19.1. The molecule has 0 saturated carbocycles. The van der Waals surface area contributed by atoms with Crippen LogP contribution < -0.4 is 5.32 Å². The highest BCUT2D eigenvalue weighted by molar-refractivity contribution is 5.83. The van der Waals surface area contributed by atoms with Gasteiger partial charge in [-0.05, 0) is 50.7 Å². The average molecular weight is 318 g/mol. The SMILES string of the molecule is Cc1cnn(CCCNC(=O)[C@H](c2cccc(F)c2)N(C)C)c1. The minimum absolute atomic E-state index is 0.128. The van der Waals surface area contributed by atoms with E-state index in [1.54, 1.807) is 17.0 Å². The Morgan fingerprint density at radius 1 is 1.43 bits per heavy atom. The average Bonchev–Trinajstić information content (AvgIpc) is 2.89. The van der Waals surface area contributed by atoms with Crippen LogP contribution >= 0.6 is 0 Å². The first-order valence-electron chi connectivity index (χ1n) is 7.66. The second-order valence-electron chi connectivity index (χ2n) is 5.85. The maximum absolute atomic E-state index is 13.4. The second-order valence-corrected chi connectivity index (χ2v) is 5.85. The molecule has 1 aromatic heterocycles. The standard InChI is InChI=1S/C17H23FN4O/c1-13-11-20-22(12-13)9-5-8-19-17(23)16(21(2)3)14-6-4-7-15(18)10-14/h4,6-7,10-12,16H,5,8-9H2,1-3H3,(H,19,23)/t16-/m0/s1. The Labute approximate surface area is 136 Å². The highest BCUT2D eigenvalue weighted by Gasteiger charge is 2.22. The van der Waals surface area contributed by atoms with Crippen molar-refractivity contribution in [2.45, 2.75) is 25.9 Å². The third kappa shape index (κ3) is 4.89. The molecule has 0 aliphatic rings. The fourth-order valence-corrected chi connectivity index (χ4v) is 2.50. The molecule has 6 heteroatoms. The minimum atomic E-state index is -0.502. The summed E-state index contributed by atoms with van der Waals surface area (Å²) in [5.74, 6) is -0.464. The fraction of sp³-hybridized carbons (Fsp3) is 0.412. The number of benzene rings is 1. The molecule has 0 fully saturated rings. The number of nitrogens with zero attached hydrogens (tertiary/aromatic N) is 3. The molecule has 5 nitrogen and oxygen atoms in total. The van der Waals surface area contributed by atoms with Gasteiger partial charge in [0.1, 0.15) is 11.9 Å². The Morgan fingerprint density at radius 3 is 2.83 bits per heavy atom. The van der Waals surface area contributed by atoms with E-state index >= 15 is 0 Å². The molecule has 2 aromatic rings. The van der Waals surface area contributed by atoms with Crippen molar-refractivity contribution in [1.82, 2.24) is 20.0 Å². The van der Waals surface area contributed by atoms with E-state index in [-0.39, 0.29) is 11.7 Å². The molecule has 0 radical (unpaired) electrons. The maximum Gasteiger partial charge on any atom is 0.241 e. The van der Waals surface area contributed by atoms with Gasteiger partial charge in [-0.1, -0.05) is 12.1 Å². The molecule has 0 bridgehead atoms. The molecule has 0 aliphatic carbocycles. The second kappa shape index (κ2) is 7.87. The fourth-order valence-electron chi connectivity index (χ4n) is 2.50. The predicted molar refractivity (Wildman–Crippen MR) is 87.4 cm³/mol. The number of carbonyl (C=O) groups excluding carboxylic acids is 1. The van der Waals surface area contributed by atoms with E-state index in [9.17, 15) is 9.18 Å². The number of amides is 1. The first-order valence-corrected chi connectivity index (χ1v) is 7.66. The zero-order valence-electron chi connectivity index (χ0n) is 13.8. The monoisotopic (exact) mass is 318 g/mol. The van der Waals surface area contributed by atoms with Crippen molar-refractivity contribution in [3.05, 3.63) is 53.6 Å². The number of aromatic nitrogens is 2. The summed E-state index contributed by atoms with van der Waals surface area (Å²) in [5.41, 5.74) is 1.77. The van der Waals surface area contributed by atoms with Gasteiger partial charge >= 0.3 is 0 Å². The molecule has 0 saturated heterocycles. The highest BCUT2D eigenvalue weighted by Crippen LogP contribution is 2.19. The summed E-state index contributed by atoms with van der Waals surface area (Å²) in [6.45, 7) is 3.30. The topological polar surface area (TPSA) is 50.2 Å². The Hall–Kier alpha value is -2.21. The van der Waals surface area contributed by atoms with Gasteiger partial charge in [0.25, 0.3) is 0 Å². The smallest absolute Gasteiger partial charge is 0.241 e. The number of nitrogens with one attached hydrogen (secondary N) is 1. The van der Waals surface area contributed by atoms with Crippen LogP contribution in [0, 0.1) is 12.7 Å². The molecule has 124 valence electrons. The molecule has 23 heavy (non-hydrogen) atoms. The van der Waals surface area contributed by atoms with Crippen LogP contribution in [0.2, 0.25) is 0 Å². The summed E-state index contributed by atoms with van der Waals surface area (Å²) >= 11 is 0. The normalized spacial score (nSPS) is 12.4. The van der Waals surface area contributed by atoms with E-state index in [1.807, 2.05) is 38.1 Å². The molecular weight excluding hydrogens is 295 g/mol. The molecule has 1 amide bonds. The zero-order chi connectivity index (χ0) is 16.8. The summed E-state index contributed by atoms with van der Waals surface area (Å²) < 4.78 is 15.2. The zero-order valence-corrected chi connectivity index (χ0v) is 13.8. The van der Waals surface area contributed by atoms with Gasteiger partial charge < -0.3 is 5.32 Å². The third-order valence-electron chi connectivity index (χ3n) is 3.55. The minimum Gasteiger partial charge on any atom is -0.354 e. The van der Waals surface area contributed by atoms with Crippen LogP contribution in [0.25, 0.3) is 0 Å². The van der Waals surface area contributed by atoms with Crippen molar-refractivity contribution in [2.24, 2.45) is 0 Å². The van der Waals surface area contributed by atoms with E-state index in [0.29, 0.717) is 12.1 Å². The lowest BCUT2D eigenvalue weighted by Gasteiger charge is -2.24. The van der Waals surface area contributed by atoms with Gasteiger partial charge in [-0.15, -0.1) is 0 Å². The quantitative estimate of drug-likeness (QED) is 0.796. The van der Waals surface area contributed by atoms with Gasteiger partial charge in [-0.3, -0.25) is 14.4 Å². The van der Waals surface area contributed by atoms with Crippen molar-refractivity contribution in [2.75, 3.05) is 20.6 Å². The van der Waals surface area contributed by atoms with E-state index in [2.05, 4.69) is 10.4 Å². The molecule has 1 heterocycles. The first-order chi connectivity index (χ1) is 11.0. The van der Waals surface area contributed by atoms with Crippen molar-refractivity contribution >= 4 is 5.91 Å². The Kier molecular flexibility index (Phi) is 5.87. The molecule has 0 aliphatic heterocycles. The number of carbonyl (C=O) groups is 1. The Bertz CT molecular complexity index is 654. The summed E-state index contributed by atoms with van der Waals surface area (Å²) in [7, 11) is 3.61. The number of aryl methyl sites for hydroxylation is 2. The van der Waals surface area contributed by atoms with Gasteiger partial charge in [0.05, 0.1) is 6.20 Å². The lowest BCUT2D eigenvalue weighted by molar-refractivity contribution is -0.125. The summed E-state index contributed by atoms with van der Waals surface area (Å²) in [4.78, 5) is 14.2. The molecule has 1 N–H and O–H groups in total. The van der Waals surface area contributed by atoms with Crippen LogP contribution in [-0.2, 0) is 11.3 Å². The number of halogens is 1. The van der Waals surface area contributed by atoms with Gasteiger partial charge in [0, 0.05) is 19.3 Å².